The zero-order valence-electron chi connectivity index (χ0n) is 8.46. The van der Waals surface area contributed by atoms with Crippen molar-refractivity contribution in [1.29, 1.82) is 0 Å². The minimum Gasteiger partial charge on any atom is -0.267 e. The first kappa shape index (κ1) is 9.30. The van der Waals surface area contributed by atoms with Crippen LogP contribution in [0.5, 0.6) is 0 Å². The second kappa shape index (κ2) is 3.74. The van der Waals surface area contributed by atoms with E-state index in [0.29, 0.717) is 6.04 Å². The van der Waals surface area contributed by atoms with Crippen molar-refractivity contribution in [2.24, 2.45) is 0 Å². The summed E-state index contributed by atoms with van der Waals surface area (Å²) in [5.74, 6) is 0. The first-order valence-electron chi connectivity index (χ1n) is 4.76. The van der Waals surface area contributed by atoms with E-state index in [9.17, 15) is 0 Å². The largest absolute Gasteiger partial charge is 0.267 e. The second-order valence-corrected chi connectivity index (χ2v) is 3.37. The van der Waals surface area contributed by atoms with E-state index in [-0.39, 0.29) is 0 Å². The monoisotopic (exact) mass is 166 g/mol. The van der Waals surface area contributed by atoms with Crippen LogP contribution in [-0.4, -0.2) is 9.78 Å². The third-order valence-electron chi connectivity index (χ3n) is 2.08. The van der Waals surface area contributed by atoms with Gasteiger partial charge in [0, 0.05) is 11.7 Å². The van der Waals surface area contributed by atoms with Crippen molar-refractivity contribution in [2.75, 3.05) is 0 Å². The fourth-order valence-electron chi connectivity index (χ4n) is 1.37. The van der Waals surface area contributed by atoms with Gasteiger partial charge in [-0.1, -0.05) is 13.8 Å². The predicted octanol–water partition coefficient (Wildman–Crippen LogP) is 2.59. The quantitative estimate of drug-likeness (QED) is 0.675. The Morgan fingerprint density at radius 3 is 2.33 bits per heavy atom. The molecule has 0 unspecified atom stereocenters. The van der Waals surface area contributed by atoms with E-state index in [1.54, 1.807) is 0 Å². The van der Waals surface area contributed by atoms with E-state index in [4.69, 9.17) is 0 Å². The maximum absolute atomic E-state index is 4.52. The van der Waals surface area contributed by atoms with E-state index in [1.165, 1.54) is 11.4 Å². The van der Waals surface area contributed by atoms with Gasteiger partial charge in [0.25, 0.3) is 0 Å². The van der Waals surface area contributed by atoms with Crippen molar-refractivity contribution in [1.82, 2.24) is 9.78 Å². The molecule has 0 bridgehead atoms. The number of nitrogens with zero attached hydrogens (tertiary/aromatic N) is 2. The lowest BCUT2D eigenvalue weighted by molar-refractivity contribution is 0.507. The van der Waals surface area contributed by atoms with Crippen molar-refractivity contribution in [3.05, 3.63) is 17.5 Å². The normalized spacial score (nSPS) is 11.1. The second-order valence-electron chi connectivity index (χ2n) is 3.37. The van der Waals surface area contributed by atoms with Crippen molar-refractivity contribution in [2.45, 2.75) is 46.6 Å². The molecule has 1 heterocycles. The molecule has 0 fully saturated rings. The van der Waals surface area contributed by atoms with E-state index in [0.717, 1.165) is 12.8 Å². The van der Waals surface area contributed by atoms with Crippen molar-refractivity contribution in [3.8, 4) is 0 Å². The first-order chi connectivity index (χ1) is 5.69. The van der Waals surface area contributed by atoms with Crippen LogP contribution < -0.4 is 0 Å². The molecule has 0 radical (unpaired) electrons. The maximum atomic E-state index is 4.52. The Morgan fingerprint density at radius 1 is 1.33 bits per heavy atom. The number of aryl methyl sites for hydroxylation is 2. The molecule has 68 valence electrons. The van der Waals surface area contributed by atoms with Crippen LogP contribution in [0.15, 0.2) is 6.07 Å². The van der Waals surface area contributed by atoms with E-state index < -0.39 is 0 Å². The van der Waals surface area contributed by atoms with Gasteiger partial charge in [0.2, 0.25) is 0 Å². The van der Waals surface area contributed by atoms with Crippen LogP contribution in [0.2, 0.25) is 0 Å². The molecule has 0 atom stereocenters. The van der Waals surface area contributed by atoms with E-state index >= 15 is 0 Å². The third-order valence-corrected chi connectivity index (χ3v) is 2.08. The highest BCUT2D eigenvalue weighted by molar-refractivity contribution is 5.10. The molecule has 0 aliphatic heterocycles. The van der Waals surface area contributed by atoms with Gasteiger partial charge in [-0.15, -0.1) is 0 Å². The van der Waals surface area contributed by atoms with Crippen LogP contribution in [0.4, 0.5) is 0 Å². The smallest absolute Gasteiger partial charge is 0.0624 e. The Bertz CT molecular complexity index is 248. The van der Waals surface area contributed by atoms with Crippen LogP contribution in [0.25, 0.3) is 0 Å². The highest BCUT2D eigenvalue weighted by Crippen LogP contribution is 2.11. The molecule has 0 spiro atoms. The van der Waals surface area contributed by atoms with Gasteiger partial charge in [-0.2, -0.15) is 5.10 Å². The molecular formula is C10H18N2. The zero-order valence-corrected chi connectivity index (χ0v) is 8.46. The summed E-state index contributed by atoms with van der Waals surface area (Å²) in [6, 6.07) is 2.69. The topological polar surface area (TPSA) is 17.8 Å². The van der Waals surface area contributed by atoms with Gasteiger partial charge >= 0.3 is 0 Å². The third kappa shape index (κ3) is 1.68. The maximum Gasteiger partial charge on any atom is 0.0624 e. The van der Waals surface area contributed by atoms with Crippen molar-refractivity contribution < 1.29 is 0 Å². The van der Waals surface area contributed by atoms with Crippen LogP contribution in [0.1, 0.15) is 45.1 Å². The summed E-state index contributed by atoms with van der Waals surface area (Å²) < 4.78 is 2.12. The molecule has 2 heteroatoms. The van der Waals surface area contributed by atoms with Crippen molar-refractivity contribution >= 4 is 0 Å². The molecule has 2 nitrogen and oxygen atoms in total. The first-order valence-corrected chi connectivity index (χ1v) is 4.76. The van der Waals surface area contributed by atoms with E-state index in [1.807, 2.05) is 0 Å². The van der Waals surface area contributed by atoms with Gasteiger partial charge in [0.1, 0.15) is 0 Å². The average molecular weight is 166 g/mol. The number of aromatic nitrogens is 2. The zero-order chi connectivity index (χ0) is 9.14. The highest BCUT2D eigenvalue weighted by Gasteiger charge is 2.06. The molecule has 1 rings (SSSR count). The molecule has 0 saturated carbocycles. The van der Waals surface area contributed by atoms with Crippen molar-refractivity contribution in [3.63, 3.8) is 0 Å². The average Bonchev–Trinajstić information content (AvgIpc) is 2.47. The van der Waals surface area contributed by atoms with Crippen LogP contribution in [-0.2, 0) is 12.8 Å². The molecule has 0 N–H and O–H groups in total. The Morgan fingerprint density at radius 2 is 2.00 bits per heavy atom. The summed E-state index contributed by atoms with van der Waals surface area (Å²) in [5, 5.41) is 4.52. The Balaban J connectivity index is 3.00. The minimum absolute atomic E-state index is 0.486. The minimum atomic E-state index is 0.486. The lowest BCUT2D eigenvalue weighted by Crippen LogP contribution is -2.06. The molecule has 12 heavy (non-hydrogen) atoms. The molecule has 0 aliphatic carbocycles. The Hall–Kier alpha value is -0.790. The lowest BCUT2D eigenvalue weighted by atomic mass is 10.2. The molecule has 1 aromatic heterocycles. The molecule has 0 saturated heterocycles. The molecule has 1 aromatic rings. The summed E-state index contributed by atoms with van der Waals surface area (Å²) >= 11 is 0. The summed E-state index contributed by atoms with van der Waals surface area (Å²) in [7, 11) is 0. The number of hydrogen-bond donors (Lipinski definition) is 0. The highest BCUT2D eigenvalue weighted by atomic mass is 15.3. The van der Waals surface area contributed by atoms with Gasteiger partial charge in [-0.05, 0) is 32.8 Å². The summed E-state index contributed by atoms with van der Waals surface area (Å²) in [6.45, 7) is 8.67. The van der Waals surface area contributed by atoms with Gasteiger partial charge in [-0.25, -0.2) is 0 Å². The van der Waals surface area contributed by atoms with Crippen LogP contribution >= 0.6 is 0 Å². The molecule has 0 aromatic carbocycles. The van der Waals surface area contributed by atoms with Gasteiger partial charge < -0.3 is 0 Å². The number of hydrogen-bond acceptors (Lipinski definition) is 1. The Kier molecular flexibility index (Phi) is 2.90. The fourth-order valence-corrected chi connectivity index (χ4v) is 1.37. The molecular weight excluding hydrogens is 148 g/mol. The van der Waals surface area contributed by atoms with Gasteiger partial charge in [-0.3, -0.25) is 4.68 Å². The fraction of sp³-hybridized carbons (Fsp3) is 0.700. The molecule has 0 aliphatic rings. The Labute approximate surface area is 74.6 Å². The van der Waals surface area contributed by atoms with Gasteiger partial charge in [0.05, 0.1) is 5.69 Å². The summed E-state index contributed by atoms with van der Waals surface area (Å²) in [5.41, 5.74) is 2.56. The van der Waals surface area contributed by atoms with E-state index in [2.05, 4.69) is 43.5 Å². The SMILES string of the molecule is CCc1cc(CC)n(C(C)C)n1. The number of rotatable bonds is 3. The lowest BCUT2D eigenvalue weighted by Gasteiger charge is -2.08. The van der Waals surface area contributed by atoms with Gasteiger partial charge in [0.15, 0.2) is 0 Å². The van der Waals surface area contributed by atoms with Crippen LogP contribution in [0, 0.1) is 0 Å². The van der Waals surface area contributed by atoms with Crippen LogP contribution in [0.3, 0.4) is 0 Å². The summed E-state index contributed by atoms with van der Waals surface area (Å²) in [4.78, 5) is 0. The standard InChI is InChI=1S/C10H18N2/c1-5-9-7-10(6-2)12(11-9)8(3)4/h7-8H,5-6H2,1-4H3. The molecule has 0 amide bonds. The summed E-state index contributed by atoms with van der Waals surface area (Å²) in [6.07, 6.45) is 2.11. The predicted molar refractivity (Wildman–Crippen MR) is 51.4 cm³/mol.